The molecular weight excluding hydrogens is 338 g/mol. The highest BCUT2D eigenvalue weighted by Gasteiger charge is 2.32. The maximum atomic E-state index is 13.0. The summed E-state index contributed by atoms with van der Waals surface area (Å²) in [4.78, 5) is 27.5. The van der Waals surface area contributed by atoms with Crippen molar-refractivity contribution in [2.45, 2.75) is 90.1 Å². The minimum Gasteiger partial charge on any atom is -0.452 e. The van der Waals surface area contributed by atoms with Gasteiger partial charge in [-0.1, -0.05) is 44.6 Å². The number of aryl methyl sites for hydroxylation is 2. The standard InChI is InChI=1S/C23H33NO3/c1-17-13-14-19(15-18(17)2)23(26)27-16-22(25)24(20-9-5-3-6-10-20)21-11-7-4-8-12-21/h13-15,20-21H,3-12,16H2,1-2H3. The molecule has 0 radical (unpaired) electrons. The van der Waals surface area contributed by atoms with Crippen LogP contribution in [0.2, 0.25) is 0 Å². The van der Waals surface area contributed by atoms with Gasteiger partial charge in [-0.15, -0.1) is 0 Å². The van der Waals surface area contributed by atoms with Crippen molar-refractivity contribution >= 4 is 11.9 Å². The van der Waals surface area contributed by atoms with Gasteiger partial charge >= 0.3 is 5.97 Å². The average Bonchev–Trinajstić information content (AvgIpc) is 2.70. The summed E-state index contributed by atoms with van der Waals surface area (Å²) in [5.74, 6) is -0.412. The van der Waals surface area contributed by atoms with Crippen LogP contribution in [0.1, 0.15) is 85.7 Å². The van der Waals surface area contributed by atoms with Crippen molar-refractivity contribution in [3.63, 3.8) is 0 Å². The molecule has 0 saturated heterocycles. The van der Waals surface area contributed by atoms with Gasteiger partial charge in [0.1, 0.15) is 0 Å². The van der Waals surface area contributed by atoms with Gasteiger partial charge in [-0.2, -0.15) is 0 Å². The molecule has 1 amide bonds. The quantitative estimate of drug-likeness (QED) is 0.688. The Morgan fingerprint density at radius 2 is 1.44 bits per heavy atom. The molecule has 0 aromatic heterocycles. The van der Waals surface area contributed by atoms with Crippen molar-refractivity contribution < 1.29 is 14.3 Å². The molecule has 2 aliphatic carbocycles. The van der Waals surface area contributed by atoms with Crippen molar-refractivity contribution in [3.05, 3.63) is 34.9 Å². The number of rotatable bonds is 5. The molecule has 0 N–H and O–H groups in total. The van der Waals surface area contributed by atoms with Gasteiger partial charge in [-0.25, -0.2) is 4.79 Å². The molecule has 4 heteroatoms. The van der Waals surface area contributed by atoms with E-state index in [4.69, 9.17) is 4.74 Å². The highest BCUT2D eigenvalue weighted by Crippen LogP contribution is 2.30. The van der Waals surface area contributed by atoms with E-state index in [0.29, 0.717) is 17.6 Å². The lowest BCUT2D eigenvalue weighted by atomic mass is 9.88. The molecule has 1 aromatic rings. The zero-order chi connectivity index (χ0) is 19.2. The maximum Gasteiger partial charge on any atom is 0.338 e. The van der Waals surface area contributed by atoms with Gasteiger partial charge in [0, 0.05) is 12.1 Å². The fourth-order valence-corrected chi connectivity index (χ4v) is 4.58. The Bertz CT molecular complexity index is 640. The van der Waals surface area contributed by atoms with E-state index >= 15 is 0 Å². The summed E-state index contributed by atoms with van der Waals surface area (Å²) in [5.41, 5.74) is 2.72. The fourth-order valence-electron chi connectivity index (χ4n) is 4.58. The number of carbonyl (C=O) groups is 2. The summed E-state index contributed by atoms with van der Waals surface area (Å²) in [7, 11) is 0. The second-order valence-corrected chi connectivity index (χ2v) is 8.26. The lowest BCUT2D eigenvalue weighted by Crippen LogP contribution is -2.50. The van der Waals surface area contributed by atoms with E-state index in [-0.39, 0.29) is 12.5 Å². The molecule has 0 aliphatic heterocycles. The first-order valence-electron chi connectivity index (χ1n) is 10.6. The van der Waals surface area contributed by atoms with Crippen LogP contribution in [0.3, 0.4) is 0 Å². The molecule has 0 unspecified atom stereocenters. The zero-order valence-electron chi connectivity index (χ0n) is 16.8. The number of nitrogens with zero attached hydrogens (tertiary/aromatic N) is 1. The van der Waals surface area contributed by atoms with Crippen LogP contribution in [0.15, 0.2) is 18.2 Å². The van der Waals surface area contributed by atoms with Gasteiger partial charge < -0.3 is 9.64 Å². The molecule has 2 fully saturated rings. The Kier molecular flexibility index (Phi) is 6.92. The number of benzene rings is 1. The van der Waals surface area contributed by atoms with Gasteiger partial charge in [0.15, 0.2) is 6.61 Å². The van der Waals surface area contributed by atoms with E-state index in [0.717, 1.165) is 36.8 Å². The molecule has 1 aromatic carbocycles. The van der Waals surface area contributed by atoms with Crippen molar-refractivity contribution in [3.8, 4) is 0 Å². The van der Waals surface area contributed by atoms with Crippen LogP contribution in [0.5, 0.6) is 0 Å². The van der Waals surface area contributed by atoms with Crippen LogP contribution in [-0.4, -0.2) is 35.5 Å². The first-order chi connectivity index (χ1) is 13.1. The van der Waals surface area contributed by atoms with Crippen molar-refractivity contribution in [1.29, 1.82) is 0 Å². The topological polar surface area (TPSA) is 46.6 Å². The van der Waals surface area contributed by atoms with E-state index in [1.807, 2.05) is 26.0 Å². The Hall–Kier alpha value is -1.84. The van der Waals surface area contributed by atoms with Crippen molar-refractivity contribution in [2.75, 3.05) is 6.61 Å². The molecule has 0 bridgehead atoms. The third-order valence-corrected chi connectivity index (χ3v) is 6.29. The molecular formula is C23H33NO3. The van der Waals surface area contributed by atoms with Crippen LogP contribution in [0, 0.1) is 13.8 Å². The third kappa shape index (κ3) is 5.12. The smallest absolute Gasteiger partial charge is 0.338 e. The number of esters is 1. The lowest BCUT2D eigenvalue weighted by Gasteiger charge is -2.41. The van der Waals surface area contributed by atoms with Crippen molar-refractivity contribution in [1.82, 2.24) is 4.90 Å². The Balaban J connectivity index is 1.64. The first-order valence-corrected chi connectivity index (χ1v) is 10.6. The number of carbonyl (C=O) groups excluding carboxylic acids is 2. The summed E-state index contributed by atoms with van der Waals surface area (Å²) in [6, 6.07) is 6.19. The monoisotopic (exact) mass is 371 g/mol. The predicted octanol–water partition coefficient (Wildman–Crippen LogP) is 4.95. The zero-order valence-corrected chi connectivity index (χ0v) is 16.8. The minimum atomic E-state index is -0.404. The molecule has 148 valence electrons. The average molecular weight is 372 g/mol. The molecule has 0 heterocycles. The highest BCUT2D eigenvalue weighted by molar-refractivity contribution is 5.91. The Morgan fingerprint density at radius 3 is 1.96 bits per heavy atom. The fraction of sp³-hybridized carbons (Fsp3) is 0.652. The van der Waals surface area contributed by atoms with Gasteiger partial charge in [0.25, 0.3) is 5.91 Å². The molecule has 2 aliphatic rings. The number of ether oxygens (including phenoxy) is 1. The normalized spacial score (nSPS) is 18.9. The summed E-state index contributed by atoms with van der Waals surface area (Å²) in [6.07, 6.45) is 11.7. The first kappa shape index (κ1) is 19.9. The molecule has 0 spiro atoms. The van der Waals surface area contributed by atoms with E-state index in [1.165, 1.54) is 38.5 Å². The molecule has 2 saturated carbocycles. The second-order valence-electron chi connectivity index (χ2n) is 8.26. The molecule has 27 heavy (non-hydrogen) atoms. The van der Waals surface area contributed by atoms with Crippen molar-refractivity contribution in [2.24, 2.45) is 0 Å². The summed E-state index contributed by atoms with van der Waals surface area (Å²) < 4.78 is 5.42. The number of hydrogen-bond donors (Lipinski definition) is 0. The van der Waals surface area contributed by atoms with E-state index < -0.39 is 5.97 Å². The molecule has 0 atom stereocenters. The summed E-state index contributed by atoms with van der Waals surface area (Å²) in [6.45, 7) is 3.85. The molecule has 3 rings (SSSR count). The number of amides is 1. The largest absolute Gasteiger partial charge is 0.452 e. The van der Waals surface area contributed by atoms with E-state index in [9.17, 15) is 9.59 Å². The summed E-state index contributed by atoms with van der Waals surface area (Å²) in [5, 5.41) is 0. The maximum absolute atomic E-state index is 13.0. The predicted molar refractivity (Wildman–Crippen MR) is 107 cm³/mol. The second kappa shape index (κ2) is 9.38. The van der Waals surface area contributed by atoms with Gasteiger partial charge in [0.05, 0.1) is 5.56 Å². The molecule has 4 nitrogen and oxygen atoms in total. The van der Waals surface area contributed by atoms with Crippen LogP contribution in [0.25, 0.3) is 0 Å². The van der Waals surface area contributed by atoms with E-state index in [2.05, 4.69) is 4.90 Å². The number of hydrogen-bond acceptors (Lipinski definition) is 3. The summed E-state index contributed by atoms with van der Waals surface area (Å²) >= 11 is 0. The van der Waals surface area contributed by atoms with Gasteiger partial charge in [-0.05, 0) is 62.8 Å². The van der Waals surface area contributed by atoms with Crippen LogP contribution in [0.4, 0.5) is 0 Å². The van der Waals surface area contributed by atoms with Gasteiger partial charge in [-0.3, -0.25) is 4.79 Å². The van der Waals surface area contributed by atoms with Gasteiger partial charge in [0.2, 0.25) is 0 Å². The van der Waals surface area contributed by atoms with Crippen LogP contribution < -0.4 is 0 Å². The van der Waals surface area contributed by atoms with E-state index in [1.54, 1.807) is 6.07 Å². The third-order valence-electron chi connectivity index (χ3n) is 6.29. The highest BCUT2D eigenvalue weighted by atomic mass is 16.5. The Labute approximate surface area is 163 Å². The SMILES string of the molecule is Cc1ccc(C(=O)OCC(=O)N(C2CCCCC2)C2CCCCC2)cc1C. The lowest BCUT2D eigenvalue weighted by molar-refractivity contribution is -0.141. The van der Waals surface area contributed by atoms with Crippen LogP contribution in [-0.2, 0) is 9.53 Å². The van der Waals surface area contributed by atoms with Crippen LogP contribution >= 0.6 is 0 Å². The minimum absolute atomic E-state index is 0.00835. The Morgan fingerprint density at radius 1 is 0.889 bits per heavy atom.